The second-order valence-electron chi connectivity index (χ2n) is 4.24. The van der Waals surface area contributed by atoms with Crippen molar-refractivity contribution in [3.05, 3.63) is 23.3 Å². The Kier molecular flexibility index (Phi) is 3.29. The Morgan fingerprint density at radius 1 is 1.06 bits per heavy atom. The molecule has 88 valence electrons. The van der Waals surface area contributed by atoms with Gasteiger partial charge < -0.3 is 9.47 Å². The maximum Gasteiger partial charge on any atom is 0.124 e. The second kappa shape index (κ2) is 4.54. The van der Waals surface area contributed by atoms with Crippen LogP contribution in [0, 0.1) is 0 Å². The molecule has 1 aromatic carbocycles. The molecule has 2 rings (SSSR count). The van der Waals surface area contributed by atoms with Crippen molar-refractivity contribution in [3.63, 3.8) is 0 Å². The molecular formula is C13H17ClO2. The van der Waals surface area contributed by atoms with Crippen molar-refractivity contribution in [2.45, 2.75) is 31.1 Å². The van der Waals surface area contributed by atoms with E-state index in [-0.39, 0.29) is 5.38 Å². The Bertz CT molecular complexity index is 353. The van der Waals surface area contributed by atoms with E-state index in [1.54, 1.807) is 14.2 Å². The zero-order chi connectivity index (χ0) is 11.7. The van der Waals surface area contributed by atoms with E-state index in [4.69, 9.17) is 21.1 Å². The molecular weight excluding hydrogens is 224 g/mol. The minimum absolute atomic E-state index is 0.0382. The van der Waals surface area contributed by atoms with E-state index < -0.39 is 0 Å². The lowest BCUT2D eigenvalue weighted by atomic mass is 9.82. The van der Waals surface area contributed by atoms with Gasteiger partial charge in [-0.3, -0.25) is 0 Å². The highest BCUT2D eigenvalue weighted by molar-refractivity contribution is 6.21. The minimum Gasteiger partial charge on any atom is -0.496 e. The Morgan fingerprint density at radius 3 is 2.19 bits per heavy atom. The maximum absolute atomic E-state index is 6.39. The first-order valence-electron chi connectivity index (χ1n) is 5.57. The van der Waals surface area contributed by atoms with Gasteiger partial charge in [0.1, 0.15) is 11.5 Å². The Hall–Kier alpha value is -0.890. The molecule has 0 radical (unpaired) electrons. The summed E-state index contributed by atoms with van der Waals surface area (Å²) in [5.74, 6) is 2.28. The first-order valence-corrected chi connectivity index (χ1v) is 6.01. The zero-order valence-electron chi connectivity index (χ0n) is 9.92. The highest BCUT2D eigenvalue weighted by Gasteiger charge is 2.29. The van der Waals surface area contributed by atoms with E-state index in [1.165, 1.54) is 5.56 Å². The molecule has 0 heterocycles. The van der Waals surface area contributed by atoms with Crippen LogP contribution in [0.25, 0.3) is 0 Å². The van der Waals surface area contributed by atoms with Crippen molar-refractivity contribution in [2.75, 3.05) is 14.2 Å². The molecule has 2 nitrogen and oxygen atoms in total. The molecule has 16 heavy (non-hydrogen) atoms. The number of alkyl halides is 1. The fourth-order valence-corrected chi connectivity index (χ4v) is 2.82. The average molecular weight is 241 g/mol. The number of methoxy groups -OCH3 is 2. The summed E-state index contributed by atoms with van der Waals surface area (Å²) >= 11 is 6.39. The maximum atomic E-state index is 6.39. The van der Waals surface area contributed by atoms with Gasteiger partial charge in [0.15, 0.2) is 0 Å². The zero-order valence-corrected chi connectivity index (χ0v) is 10.7. The van der Waals surface area contributed by atoms with E-state index in [0.717, 1.165) is 29.9 Å². The number of ether oxygens (including phenoxy) is 2. The monoisotopic (exact) mass is 240 g/mol. The van der Waals surface area contributed by atoms with Crippen molar-refractivity contribution in [2.24, 2.45) is 0 Å². The molecule has 3 heteroatoms. The summed E-state index contributed by atoms with van der Waals surface area (Å²) in [5.41, 5.74) is 2.33. The standard InChI is InChI=1S/C13H17ClO2/c1-8-4-5-9(14)13-11(16-3)7-6-10(15-2)12(8)13/h6-9H,4-5H2,1-3H3. The number of halogens is 1. The summed E-state index contributed by atoms with van der Waals surface area (Å²) in [6.07, 6.45) is 2.10. The number of rotatable bonds is 2. The van der Waals surface area contributed by atoms with Crippen LogP contribution < -0.4 is 9.47 Å². The molecule has 0 amide bonds. The van der Waals surface area contributed by atoms with Gasteiger partial charge in [-0.15, -0.1) is 11.6 Å². The van der Waals surface area contributed by atoms with E-state index in [1.807, 2.05) is 12.1 Å². The molecule has 0 spiro atoms. The lowest BCUT2D eigenvalue weighted by Crippen LogP contribution is -2.12. The highest BCUT2D eigenvalue weighted by Crippen LogP contribution is 2.48. The van der Waals surface area contributed by atoms with Crippen LogP contribution in [0.5, 0.6) is 11.5 Å². The van der Waals surface area contributed by atoms with Gasteiger partial charge in [0.2, 0.25) is 0 Å². The van der Waals surface area contributed by atoms with Crippen LogP contribution in [-0.2, 0) is 0 Å². The topological polar surface area (TPSA) is 18.5 Å². The third-order valence-electron chi connectivity index (χ3n) is 3.31. The predicted molar refractivity (Wildman–Crippen MR) is 65.8 cm³/mol. The summed E-state index contributed by atoms with van der Waals surface area (Å²) in [5, 5.41) is 0.0382. The molecule has 1 aliphatic rings. The first kappa shape index (κ1) is 11.6. The third-order valence-corrected chi connectivity index (χ3v) is 3.74. The second-order valence-corrected chi connectivity index (χ2v) is 4.77. The summed E-state index contributed by atoms with van der Waals surface area (Å²) < 4.78 is 10.8. The van der Waals surface area contributed by atoms with Gasteiger partial charge >= 0.3 is 0 Å². The lowest BCUT2D eigenvalue weighted by Gasteiger charge is -2.29. The van der Waals surface area contributed by atoms with E-state index in [9.17, 15) is 0 Å². The smallest absolute Gasteiger partial charge is 0.124 e. The van der Waals surface area contributed by atoms with Crippen molar-refractivity contribution in [1.29, 1.82) is 0 Å². The number of benzene rings is 1. The lowest BCUT2D eigenvalue weighted by molar-refractivity contribution is 0.382. The fourth-order valence-electron chi connectivity index (χ4n) is 2.47. The quantitative estimate of drug-likeness (QED) is 0.731. The van der Waals surface area contributed by atoms with Gasteiger partial charge in [-0.2, -0.15) is 0 Å². The molecule has 0 aromatic heterocycles. The molecule has 0 N–H and O–H groups in total. The number of hydrogen-bond donors (Lipinski definition) is 0. The van der Waals surface area contributed by atoms with Crippen LogP contribution >= 0.6 is 11.6 Å². The van der Waals surface area contributed by atoms with Gasteiger partial charge in [0, 0.05) is 11.1 Å². The van der Waals surface area contributed by atoms with Gasteiger partial charge in [0.25, 0.3) is 0 Å². The number of fused-ring (bicyclic) bond motifs is 1. The molecule has 0 bridgehead atoms. The molecule has 0 fully saturated rings. The van der Waals surface area contributed by atoms with Crippen molar-refractivity contribution < 1.29 is 9.47 Å². The molecule has 0 saturated heterocycles. The van der Waals surface area contributed by atoms with Crippen molar-refractivity contribution in [1.82, 2.24) is 0 Å². The van der Waals surface area contributed by atoms with Crippen molar-refractivity contribution >= 4 is 11.6 Å². The van der Waals surface area contributed by atoms with Crippen LogP contribution in [0.3, 0.4) is 0 Å². The van der Waals surface area contributed by atoms with E-state index in [0.29, 0.717) is 5.92 Å². The van der Waals surface area contributed by atoms with Gasteiger partial charge in [-0.25, -0.2) is 0 Å². The summed E-state index contributed by atoms with van der Waals surface area (Å²) in [6, 6.07) is 3.90. The van der Waals surface area contributed by atoms with Crippen LogP contribution in [0.1, 0.15) is 42.2 Å². The molecule has 0 saturated carbocycles. The van der Waals surface area contributed by atoms with E-state index in [2.05, 4.69) is 6.92 Å². The van der Waals surface area contributed by atoms with Gasteiger partial charge in [-0.05, 0) is 30.9 Å². The normalized spacial score (nSPS) is 23.8. The third kappa shape index (κ3) is 1.75. The molecule has 0 aliphatic heterocycles. The van der Waals surface area contributed by atoms with Crippen LogP contribution in [0.2, 0.25) is 0 Å². The fraction of sp³-hybridized carbons (Fsp3) is 0.538. The molecule has 2 unspecified atom stereocenters. The molecule has 1 aliphatic carbocycles. The Labute approximate surface area is 102 Å². The van der Waals surface area contributed by atoms with Crippen LogP contribution in [0.4, 0.5) is 0 Å². The molecule has 1 aromatic rings. The number of hydrogen-bond acceptors (Lipinski definition) is 2. The summed E-state index contributed by atoms with van der Waals surface area (Å²) in [6.45, 7) is 2.21. The van der Waals surface area contributed by atoms with Crippen LogP contribution in [0.15, 0.2) is 12.1 Å². The first-order chi connectivity index (χ1) is 7.69. The SMILES string of the molecule is COc1ccc(OC)c2c1C(C)CCC2Cl. The summed E-state index contributed by atoms with van der Waals surface area (Å²) in [7, 11) is 3.39. The minimum atomic E-state index is 0.0382. The van der Waals surface area contributed by atoms with E-state index >= 15 is 0 Å². The highest BCUT2D eigenvalue weighted by atomic mass is 35.5. The average Bonchev–Trinajstić information content (AvgIpc) is 2.32. The van der Waals surface area contributed by atoms with Crippen molar-refractivity contribution in [3.8, 4) is 11.5 Å². The van der Waals surface area contributed by atoms with Gasteiger partial charge in [0.05, 0.1) is 19.6 Å². The Morgan fingerprint density at radius 2 is 1.62 bits per heavy atom. The largest absolute Gasteiger partial charge is 0.496 e. The summed E-state index contributed by atoms with van der Waals surface area (Å²) in [4.78, 5) is 0. The van der Waals surface area contributed by atoms with Gasteiger partial charge in [-0.1, -0.05) is 6.92 Å². The van der Waals surface area contributed by atoms with Crippen LogP contribution in [-0.4, -0.2) is 14.2 Å². The molecule has 2 atom stereocenters. The predicted octanol–water partition coefficient (Wildman–Crippen LogP) is 3.88. The Balaban J connectivity index is 2.63.